The zero-order valence-electron chi connectivity index (χ0n) is 34.0. The van der Waals surface area contributed by atoms with Crippen LogP contribution >= 0.6 is 0 Å². The summed E-state index contributed by atoms with van der Waals surface area (Å²) in [6, 6.07) is 0. The molecule has 0 aromatic heterocycles. The number of quaternary nitrogens is 1. The summed E-state index contributed by atoms with van der Waals surface area (Å²) in [4.78, 5) is 58.3. The van der Waals surface area contributed by atoms with Gasteiger partial charge >= 0.3 is 5.96 Å². The van der Waals surface area contributed by atoms with E-state index in [1.165, 1.54) is 7.11 Å². The predicted octanol–water partition coefficient (Wildman–Crippen LogP) is -6.07. The summed E-state index contributed by atoms with van der Waals surface area (Å²) in [5.74, 6) is -6.36. The number of Topliss-reactive ketones (excluding diaryl/α,β-unsaturated/α-hetero) is 2. The molecule has 19 nitrogen and oxygen atoms in total. The number of aliphatic hydroxyl groups excluding tert-OH is 5. The average molecular weight is 839 g/mol. The lowest BCUT2D eigenvalue weighted by Gasteiger charge is -2.53. The third-order valence-electron chi connectivity index (χ3n) is 14.4. The zero-order valence-corrected chi connectivity index (χ0v) is 34.0. The van der Waals surface area contributed by atoms with E-state index in [2.05, 4.69) is 10.3 Å². The molecular weight excluding hydrogens is 772 g/mol. The van der Waals surface area contributed by atoms with Gasteiger partial charge in [-0.05, 0) is 56.3 Å². The lowest BCUT2D eigenvalue weighted by Crippen LogP contribution is -2.94. The Morgan fingerprint density at radius 2 is 1.75 bits per heavy atom. The van der Waals surface area contributed by atoms with E-state index in [0.29, 0.717) is 45.1 Å². The first kappa shape index (κ1) is 45.6. The summed E-state index contributed by atoms with van der Waals surface area (Å²) in [5, 5.41) is 72.7. The highest BCUT2D eigenvalue weighted by Crippen LogP contribution is 2.51. The molecule has 17 atom stereocenters. The zero-order chi connectivity index (χ0) is 42.8. The van der Waals surface area contributed by atoms with Crippen LogP contribution in [-0.2, 0) is 33.4 Å². The molecule has 3 heterocycles. The summed E-state index contributed by atoms with van der Waals surface area (Å²) in [7, 11) is 3.13. The molecule has 2 amide bonds. The van der Waals surface area contributed by atoms with Crippen molar-refractivity contribution in [2.45, 2.75) is 112 Å². The maximum absolute atomic E-state index is 14.7. The fourth-order valence-electron chi connectivity index (χ4n) is 11.1. The molecule has 5 fully saturated rings. The van der Waals surface area contributed by atoms with Crippen molar-refractivity contribution < 1.29 is 74.3 Å². The van der Waals surface area contributed by atoms with Crippen LogP contribution in [0.3, 0.4) is 0 Å². The Balaban J connectivity index is 1.23. The highest BCUT2D eigenvalue weighted by Gasteiger charge is 2.62. The highest BCUT2D eigenvalue weighted by molar-refractivity contribution is 6.12. The molecule has 3 aliphatic carbocycles. The SMILES string of the molecule is C[NH+]=C(N)NCC1C(CCCCO)CC2C(=O)C3CC(OC)CC(O[C@H]4O[C@H](CO)[C@](O)(C[C@H](CN5C(=O)C=CC5=O)C5CC[NH2+]C(N)C5)[C@H](O)[C@H]4O)C3C(=O)C2C1O. The molecule has 6 rings (SSSR count). The molecular formula is C40H66N6O13+2. The lowest BCUT2D eigenvalue weighted by molar-refractivity contribution is -0.699. The Morgan fingerprint density at radius 1 is 1.03 bits per heavy atom. The minimum atomic E-state index is -2.28. The molecule has 6 aliphatic rings. The van der Waals surface area contributed by atoms with Gasteiger partial charge in [-0.3, -0.25) is 45.9 Å². The van der Waals surface area contributed by atoms with Crippen LogP contribution in [0, 0.1) is 47.3 Å². The normalized spacial score (nSPS) is 42.2. The number of methoxy groups -OCH3 is 1. The number of hydrogen-bond acceptors (Lipinski definition) is 14. The molecule has 0 bridgehead atoms. The minimum absolute atomic E-state index is 0.0105. The number of unbranched alkanes of at least 4 members (excludes halogenated alkanes) is 1. The largest absolute Gasteiger partial charge is 0.396 e. The molecule has 59 heavy (non-hydrogen) atoms. The molecule has 0 aromatic rings. The van der Waals surface area contributed by atoms with Gasteiger partial charge in [0, 0.05) is 63.0 Å². The summed E-state index contributed by atoms with van der Waals surface area (Å²) >= 11 is 0. The number of carbonyl (C=O) groups excluding carboxylic acids is 4. The van der Waals surface area contributed by atoms with E-state index in [4.69, 9.17) is 25.7 Å². The average Bonchev–Trinajstić information content (AvgIpc) is 3.54. The Hall–Kier alpha value is -2.95. The Kier molecular flexibility index (Phi) is 15.0. The summed E-state index contributed by atoms with van der Waals surface area (Å²) in [6.07, 6.45) is -4.43. The number of aliphatic hydroxyl groups is 6. The Morgan fingerprint density at radius 3 is 2.39 bits per heavy atom. The first-order valence-electron chi connectivity index (χ1n) is 21.2. The van der Waals surface area contributed by atoms with Crippen LogP contribution in [0.2, 0.25) is 0 Å². The van der Waals surface area contributed by atoms with Gasteiger partial charge in [-0.1, -0.05) is 6.42 Å². The standard InChI is InChI=1S/C40H64N6O13/c1-43-39(42)45-16-25-20(5-3-4-10-47)11-23-32(34(25)52)35(53)31-24(33(23)51)13-22(57-2)14-26(31)58-38-36(54)37(55)40(56,27(18-48)59-38)15-21(19-8-9-44-28(41)12-19)17-46-29(49)6-7-30(46)50/h6-7,19-28,31-32,34,36-38,44,47-48,52,54-56H,3-5,8-18,41H2,1-2H3,(H3,42,43,45)/p+2/t19?,20?,21-,22?,23?,24?,25?,26?,27-,28?,31?,32?,34?,36-,37-,38+,40-/m1/s1. The van der Waals surface area contributed by atoms with E-state index < -0.39 is 102 Å². The van der Waals surface area contributed by atoms with Crippen molar-refractivity contribution >= 4 is 29.3 Å². The van der Waals surface area contributed by atoms with E-state index >= 15 is 0 Å². The highest BCUT2D eigenvalue weighted by atomic mass is 16.7. The van der Waals surface area contributed by atoms with Gasteiger partial charge in [0.2, 0.25) is 0 Å². The molecule has 3 aliphatic heterocycles. The van der Waals surface area contributed by atoms with Crippen molar-refractivity contribution in [1.82, 2.24) is 10.2 Å². The van der Waals surface area contributed by atoms with Crippen molar-refractivity contribution in [3.8, 4) is 0 Å². The summed E-state index contributed by atoms with van der Waals surface area (Å²) in [5.41, 5.74) is 9.96. The number of guanidine groups is 1. The second kappa shape index (κ2) is 19.4. The van der Waals surface area contributed by atoms with Crippen LogP contribution in [-0.4, -0.2) is 167 Å². The number of hydrogen-bond donors (Lipinski definition) is 11. The third kappa shape index (κ3) is 9.30. The summed E-state index contributed by atoms with van der Waals surface area (Å²) < 4.78 is 18.2. The maximum Gasteiger partial charge on any atom is 0.340 e. The number of rotatable bonds is 15. The number of ether oxygens (including phenoxy) is 3. The van der Waals surface area contributed by atoms with E-state index in [9.17, 15) is 49.8 Å². The monoisotopic (exact) mass is 838 g/mol. The first-order valence-corrected chi connectivity index (χ1v) is 21.2. The third-order valence-corrected chi connectivity index (χ3v) is 14.4. The molecule has 332 valence electrons. The number of carbonyl (C=O) groups is 4. The number of nitrogens with two attached hydrogens (primary N) is 3. The van der Waals surface area contributed by atoms with Gasteiger partial charge in [-0.15, -0.1) is 0 Å². The van der Waals surface area contributed by atoms with Gasteiger partial charge in [0.1, 0.15) is 41.6 Å². The van der Waals surface area contributed by atoms with Crippen molar-refractivity contribution in [3.05, 3.63) is 12.2 Å². The van der Waals surface area contributed by atoms with Gasteiger partial charge in [-0.25, -0.2) is 0 Å². The Labute approximate surface area is 343 Å². The smallest absolute Gasteiger partial charge is 0.340 e. The van der Waals surface area contributed by atoms with Crippen LogP contribution in [0.4, 0.5) is 0 Å². The second-order valence-electron chi connectivity index (χ2n) is 17.6. The topological polar surface area (TPSA) is 315 Å². The first-order chi connectivity index (χ1) is 28.2. The molecule has 0 spiro atoms. The number of amides is 2. The number of ketones is 2. The van der Waals surface area contributed by atoms with Gasteiger partial charge < -0.3 is 50.2 Å². The van der Waals surface area contributed by atoms with Gasteiger partial charge in [0.25, 0.3) is 11.8 Å². The van der Waals surface area contributed by atoms with E-state index in [1.54, 1.807) is 7.05 Å². The number of piperidine rings is 1. The van der Waals surface area contributed by atoms with E-state index in [1.807, 2.05) is 5.32 Å². The number of nitrogens with one attached hydrogen (secondary N) is 2. The lowest BCUT2D eigenvalue weighted by atomic mass is 9.53. The number of imide groups is 1. The number of fused-ring (bicyclic) bond motifs is 2. The molecule has 11 unspecified atom stereocenters. The van der Waals surface area contributed by atoms with Gasteiger partial charge in [0.05, 0.1) is 56.9 Å². The Bertz CT molecular complexity index is 1560. The fourth-order valence-corrected chi connectivity index (χ4v) is 11.1. The van der Waals surface area contributed by atoms with Gasteiger partial charge in [0.15, 0.2) is 6.29 Å². The molecule has 14 N–H and O–H groups in total. The molecule has 3 saturated carbocycles. The maximum atomic E-state index is 14.7. The molecule has 19 heteroatoms. The van der Waals surface area contributed by atoms with Crippen molar-refractivity contribution in [1.29, 1.82) is 0 Å². The van der Waals surface area contributed by atoms with Crippen LogP contribution < -0.4 is 27.1 Å². The van der Waals surface area contributed by atoms with Crippen molar-refractivity contribution in [3.63, 3.8) is 0 Å². The minimum Gasteiger partial charge on any atom is -0.396 e. The van der Waals surface area contributed by atoms with Crippen LogP contribution in [0.25, 0.3) is 0 Å². The van der Waals surface area contributed by atoms with Gasteiger partial charge in [-0.2, -0.15) is 0 Å². The quantitative estimate of drug-likeness (QED) is 0.0317. The molecule has 0 aromatic carbocycles. The fraction of sp³-hybridized carbons (Fsp3) is 0.825. The van der Waals surface area contributed by atoms with Crippen LogP contribution in [0.5, 0.6) is 0 Å². The summed E-state index contributed by atoms with van der Waals surface area (Å²) in [6.45, 7) is -0.0117. The van der Waals surface area contributed by atoms with Crippen LogP contribution in [0.1, 0.15) is 57.8 Å². The van der Waals surface area contributed by atoms with E-state index in [0.717, 1.165) is 17.1 Å². The molecule has 0 radical (unpaired) electrons. The van der Waals surface area contributed by atoms with Crippen LogP contribution in [0.15, 0.2) is 12.2 Å². The van der Waals surface area contributed by atoms with Crippen molar-refractivity contribution in [2.24, 2.45) is 58.8 Å². The predicted molar refractivity (Wildman–Crippen MR) is 206 cm³/mol. The number of nitrogens with zero attached hydrogens (tertiary/aromatic N) is 1. The van der Waals surface area contributed by atoms with Crippen molar-refractivity contribution in [2.75, 3.05) is 47.0 Å². The second-order valence-corrected chi connectivity index (χ2v) is 17.6. The molecule has 2 saturated heterocycles. The van der Waals surface area contributed by atoms with E-state index in [-0.39, 0.29) is 74.5 Å².